The standard InChI is InChI=1S/C22H21FN2O3S/c1-4-16-7-5-6-8-20(16)25(15(3)26)22-24-18(13-29-22)12-28-21(27)17-10-9-14(2)19(23)11-17/h5-11,13H,4,12H2,1-3H3. The summed E-state index contributed by atoms with van der Waals surface area (Å²) in [6.45, 7) is 5.07. The number of anilines is 2. The van der Waals surface area contributed by atoms with Crippen LogP contribution in [0, 0.1) is 12.7 Å². The van der Waals surface area contributed by atoms with Crippen LogP contribution in [0.25, 0.3) is 0 Å². The van der Waals surface area contributed by atoms with E-state index in [0.717, 1.165) is 23.7 Å². The van der Waals surface area contributed by atoms with Crippen LogP contribution in [0.1, 0.15) is 41.0 Å². The normalized spacial score (nSPS) is 10.6. The second kappa shape index (κ2) is 8.96. The third-order valence-electron chi connectivity index (χ3n) is 4.42. The maximum Gasteiger partial charge on any atom is 0.338 e. The summed E-state index contributed by atoms with van der Waals surface area (Å²) in [7, 11) is 0. The Morgan fingerprint density at radius 2 is 1.97 bits per heavy atom. The number of ether oxygens (including phenoxy) is 1. The molecule has 150 valence electrons. The van der Waals surface area contributed by atoms with Gasteiger partial charge in [0.2, 0.25) is 5.91 Å². The number of benzene rings is 2. The van der Waals surface area contributed by atoms with Gasteiger partial charge in [-0.25, -0.2) is 14.2 Å². The summed E-state index contributed by atoms with van der Waals surface area (Å²) >= 11 is 1.29. The van der Waals surface area contributed by atoms with Crippen LogP contribution in [-0.2, 0) is 22.6 Å². The predicted molar refractivity (Wildman–Crippen MR) is 111 cm³/mol. The Labute approximate surface area is 172 Å². The fourth-order valence-electron chi connectivity index (χ4n) is 2.84. The first-order chi connectivity index (χ1) is 13.9. The van der Waals surface area contributed by atoms with Gasteiger partial charge < -0.3 is 4.74 Å². The van der Waals surface area contributed by atoms with Crippen LogP contribution in [0.3, 0.4) is 0 Å². The van der Waals surface area contributed by atoms with Gasteiger partial charge in [0.05, 0.1) is 16.9 Å². The monoisotopic (exact) mass is 412 g/mol. The van der Waals surface area contributed by atoms with Crippen molar-refractivity contribution in [3.05, 3.63) is 76.0 Å². The average Bonchev–Trinajstić information content (AvgIpc) is 3.17. The quantitative estimate of drug-likeness (QED) is 0.523. The van der Waals surface area contributed by atoms with Gasteiger partial charge in [-0.05, 0) is 42.7 Å². The second-order valence-electron chi connectivity index (χ2n) is 6.50. The number of thiazole rings is 1. The van der Waals surface area contributed by atoms with Crippen molar-refractivity contribution in [3.8, 4) is 0 Å². The highest BCUT2D eigenvalue weighted by Gasteiger charge is 2.20. The van der Waals surface area contributed by atoms with Crippen molar-refractivity contribution in [1.29, 1.82) is 0 Å². The van der Waals surface area contributed by atoms with Crippen LogP contribution in [0.4, 0.5) is 15.2 Å². The first kappa shape index (κ1) is 20.7. The predicted octanol–water partition coefficient (Wildman–Crippen LogP) is 5.19. The number of esters is 1. The first-order valence-corrected chi connectivity index (χ1v) is 10.0. The van der Waals surface area contributed by atoms with Gasteiger partial charge in [0.1, 0.15) is 12.4 Å². The molecule has 0 spiro atoms. The van der Waals surface area contributed by atoms with Crippen LogP contribution in [-0.4, -0.2) is 16.9 Å². The smallest absolute Gasteiger partial charge is 0.338 e. The molecule has 3 rings (SSSR count). The summed E-state index contributed by atoms with van der Waals surface area (Å²) in [5.41, 5.74) is 2.95. The minimum atomic E-state index is -0.627. The molecule has 0 fully saturated rings. The fourth-order valence-corrected chi connectivity index (χ4v) is 3.71. The fraction of sp³-hybridized carbons (Fsp3) is 0.227. The molecular formula is C22H21FN2O3S. The summed E-state index contributed by atoms with van der Waals surface area (Å²) in [6.07, 6.45) is 0.781. The Morgan fingerprint density at radius 3 is 2.66 bits per heavy atom. The number of nitrogens with zero attached hydrogens (tertiary/aromatic N) is 2. The molecule has 1 heterocycles. The number of amides is 1. The van der Waals surface area contributed by atoms with Gasteiger partial charge in [-0.15, -0.1) is 11.3 Å². The van der Waals surface area contributed by atoms with Crippen molar-refractivity contribution in [2.24, 2.45) is 0 Å². The van der Waals surface area contributed by atoms with Gasteiger partial charge in [0.15, 0.2) is 5.13 Å². The molecule has 2 aromatic carbocycles. The largest absolute Gasteiger partial charge is 0.456 e. The highest BCUT2D eigenvalue weighted by Crippen LogP contribution is 2.32. The number of halogens is 1. The van der Waals surface area contributed by atoms with E-state index in [4.69, 9.17) is 4.74 Å². The molecule has 0 aliphatic carbocycles. The van der Waals surface area contributed by atoms with Gasteiger partial charge >= 0.3 is 5.97 Å². The summed E-state index contributed by atoms with van der Waals surface area (Å²) in [4.78, 5) is 30.5. The zero-order valence-corrected chi connectivity index (χ0v) is 17.3. The van der Waals surface area contributed by atoms with E-state index in [1.54, 1.807) is 17.2 Å². The zero-order chi connectivity index (χ0) is 21.0. The summed E-state index contributed by atoms with van der Waals surface area (Å²) < 4.78 is 18.9. The third-order valence-corrected chi connectivity index (χ3v) is 5.29. The molecule has 0 atom stereocenters. The number of carbonyl (C=O) groups is 2. The van der Waals surface area contributed by atoms with Crippen LogP contribution in [0.5, 0.6) is 0 Å². The third kappa shape index (κ3) is 4.68. The van der Waals surface area contributed by atoms with E-state index in [0.29, 0.717) is 16.4 Å². The van der Waals surface area contributed by atoms with Crippen molar-refractivity contribution < 1.29 is 18.7 Å². The van der Waals surface area contributed by atoms with Crippen molar-refractivity contribution in [2.75, 3.05) is 4.90 Å². The topological polar surface area (TPSA) is 59.5 Å². The number of para-hydroxylation sites is 1. The zero-order valence-electron chi connectivity index (χ0n) is 16.4. The summed E-state index contributed by atoms with van der Waals surface area (Å²) in [6, 6.07) is 11.9. The highest BCUT2D eigenvalue weighted by molar-refractivity contribution is 7.14. The van der Waals surface area contributed by atoms with Gasteiger partial charge in [0.25, 0.3) is 0 Å². The Balaban J connectivity index is 1.76. The van der Waals surface area contributed by atoms with Gasteiger partial charge in [0, 0.05) is 12.3 Å². The molecule has 0 saturated heterocycles. The molecule has 3 aromatic rings. The minimum absolute atomic E-state index is 0.0635. The maximum atomic E-state index is 13.6. The Hall–Kier alpha value is -3.06. The molecule has 0 N–H and O–H groups in total. The number of aromatic nitrogens is 1. The Bertz CT molecular complexity index is 1050. The molecule has 1 aromatic heterocycles. The molecule has 0 aliphatic rings. The number of hydrogen-bond acceptors (Lipinski definition) is 5. The van der Waals surface area contributed by atoms with Crippen molar-refractivity contribution in [3.63, 3.8) is 0 Å². The lowest BCUT2D eigenvalue weighted by Gasteiger charge is -2.20. The summed E-state index contributed by atoms with van der Waals surface area (Å²) in [5, 5.41) is 2.24. The lowest BCUT2D eigenvalue weighted by atomic mass is 10.1. The molecule has 0 bridgehead atoms. The van der Waals surface area contributed by atoms with E-state index < -0.39 is 11.8 Å². The molecule has 0 saturated carbocycles. The van der Waals surface area contributed by atoms with Crippen molar-refractivity contribution in [1.82, 2.24) is 4.98 Å². The van der Waals surface area contributed by atoms with E-state index in [2.05, 4.69) is 4.98 Å². The number of rotatable bonds is 6. The molecule has 1 amide bonds. The molecule has 5 nitrogen and oxygen atoms in total. The Morgan fingerprint density at radius 1 is 1.21 bits per heavy atom. The van der Waals surface area contributed by atoms with Gasteiger partial charge in [-0.2, -0.15) is 0 Å². The maximum absolute atomic E-state index is 13.6. The second-order valence-corrected chi connectivity index (χ2v) is 7.33. The van der Waals surface area contributed by atoms with Crippen LogP contribution in [0.2, 0.25) is 0 Å². The summed E-state index contributed by atoms with van der Waals surface area (Å²) in [5.74, 6) is -1.24. The average molecular weight is 412 g/mol. The Kier molecular flexibility index (Phi) is 6.39. The minimum Gasteiger partial charge on any atom is -0.456 e. The van der Waals surface area contributed by atoms with E-state index in [1.165, 1.54) is 30.4 Å². The first-order valence-electron chi connectivity index (χ1n) is 9.17. The number of aryl methyl sites for hydroxylation is 2. The lowest BCUT2D eigenvalue weighted by Crippen LogP contribution is -2.23. The molecule has 7 heteroatoms. The van der Waals surface area contributed by atoms with Crippen LogP contribution in [0.15, 0.2) is 47.8 Å². The van der Waals surface area contributed by atoms with Crippen LogP contribution >= 0.6 is 11.3 Å². The van der Waals surface area contributed by atoms with Crippen LogP contribution < -0.4 is 4.90 Å². The number of hydrogen-bond donors (Lipinski definition) is 0. The van der Waals surface area contributed by atoms with Gasteiger partial charge in [-0.1, -0.05) is 31.2 Å². The molecular weight excluding hydrogens is 391 g/mol. The lowest BCUT2D eigenvalue weighted by molar-refractivity contribution is -0.115. The SMILES string of the molecule is CCc1ccccc1N(C(C)=O)c1nc(COC(=O)c2ccc(C)c(F)c2)cs1. The number of carbonyl (C=O) groups excluding carboxylic acids is 2. The van der Waals surface area contributed by atoms with E-state index in [9.17, 15) is 14.0 Å². The van der Waals surface area contributed by atoms with Crippen molar-refractivity contribution in [2.45, 2.75) is 33.8 Å². The van der Waals surface area contributed by atoms with E-state index in [1.807, 2.05) is 31.2 Å². The molecule has 0 aliphatic heterocycles. The van der Waals surface area contributed by atoms with Gasteiger partial charge in [-0.3, -0.25) is 9.69 Å². The van der Waals surface area contributed by atoms with E-state index >= 15 is 0 Å². The van der Waals surface area contributed by atoms with E-state index in [-0.39, 0.29) is 18.1 Å². The molecule has 29 heavy (non-hydrogen) atoms. The van der Waals surface area contributed by atoms with Crippen molar-refractivity contribution >= 4 is 34.0 Å². The highest BCUT2D eigenvalue weighted by atomic mass is 32.1. The molecule has 0 radical (unpaired) electrons. The molecule has 0 unspecified atom stereocenters.